The first-order valence-electron chi connectivity index (χ1n) is 5.29. The first kappa shape index (κ1) is 12.0. The fraction of sp³-hybridized carbons (Fsp3) is 0.600. The molecule has 1 aromatic rings. The molecule has 3 N–H and O–H groups in total. The quantitative estimate of drug-likeness (QED) is 0.584. The Labute approximate surface area is 96.3 Å². The Morgan fingerprint density at radius 1 is 1.59 bits per heavy atom. The molecule has 0 aromatic carbocycles. The van der Waals surface area contributed by atoms with E-state index in [9.17, 15) is 14.7 Å². The lowest BCUT2D eigenvalue weighted by molar-refractivity contribution is -0.0459. The summed E-state index contributed by atoms with van der Waals surface area (Å²) in [6.07, 6.45) is -0.581. The maximum absolute atomic E-state index is 11.6. The summed E-state index contributed by atoms with van der Waals surface area (Å²) in [5.74, 6) is 0. The van der Waals surface area contributed by atoms with Gasteiger partial charge in [-0.15, -0.1) is 0 Å². The minimum atomic E-state index is -0.816. The van der Waals surface area contributed by atoms with Crippen LogP contribution in [0, 0.1) is 6.92 Å². The van der Waals surface area contributed by atoms with Crippen LogP contribution in [0.3, 0.4) is 0 Å². The van der Waals surface area contributed by atoms with Crippen molar-refractivity contribution in [1.29, 1.82) is 0 Å². The van der Waals surface area contributed by atoms with Crippen molar-refractivity contribution in [2.75, 3.05) is 6.61 Å². The Kier molecular flexibility index (Phi) is 3.14. The largest absolute Gasteiger partial charge is 0.394 e. The molecule has 0 saturated carbocycles. The van der Waals surface area contributed by atoms with Gasteiger partial charge in [0.1, 0.15) is 12.3 Å². The minimum Gasteiger partial charge on any atom is -0.394 e. The number of aromatic nitrogens is 2. The summed E-state index contributed by atoms with van der Waals surface area (Å²) in [4.78, 5) is 24.9. The molecule has 0 bridgehead atoms. The summed E-state index contributed by atoms with van der Waals surface area (Å²) < 4.78 is 6.54. The van der Waals surface area contributed by atoms with Crippen molar-refractivity contribution in [3.05, 3.63) is 32.6 Å². The number of aliphatic hydroxyl groups excluding tert-OH is 2. The third kappa shape index (κ3) is 2.17. The molecule has 17 heavy (non-hydrogen) atoms. The van der Waals surface area contributed by atoms with Gasteiger partial charge in [-0.25, -0.2) is 4.79 Å². The van der Waals surface area contributed by atoms with Crippen LogP contribution in [0.1, 0.15) is 18.2 Å². The normalized spacial score (nSPS) is 28.5. The molecule has 0 spiro atoms. The molecule has 0 unspecified atom stereocenters. The van der Waals surface area contributed by atoms with E-state index < -0.39 is 29.7 Å². The number of H-pyrrole nitrogens is 1. The minimum absolute atomic E-state index is 0.205. The van der Waals surface area contributed by atoms with Gasteiger partial charge in [0.05, 0.1) is 12.7 Å². The van der Waals surface area contributed by atoms with E-state index in [-0.39, 0.29) is 13.0 Å². The molecule has 7 nitrogen and oxygen atoms in total. The maximum atomic E-state index is 11.6. The highest BCUT2D eigenvalue weighted by Gasteiger charge is 2.34. The van der Waals surface area contributed by atoms with Crippen LogP contribution >= 0.6 is 0 Å². The summed E-state index contributed by atoms with van der Waals surface area (Å²) in [5, 5.41) is 18.5. The lowest BCUT2D eigenvalue weighted by atomic mass is 10.2. The number of ether oxygens (including phenoxy) is 1. The van der Waals surface area contributed by atoms with Gasteiger partial charge in [0.25, 0.3) is 5.56 Å². The van der Waals surface area contributed by atoms with E-state index >= 15 is 0 Å². The van der Waals surface area contributed by atoms with Gasteiger partial charge in [-0.2, -0.15) is 0 Å². The monoisotopic (exact) mass is 242 g/mol. The van der Waals surface area contributed by atoms with E-state index in [4.69, 9.17) is 9.84 Å². The van der Waals surface area contributed by atoms with Crippen LogP contribution in [0.4, 0.5) is 0 Å². The lowest BCUT2D eigenvalue weighted by Gasteiger charge is -2.14. The van der Waals surface area contributed by atoms with E-state index in [0.29, 0.717) is 5.56 Å². The van der Waals surface area contributed by atoms with Crippen molar-refractivity contribution in [3.8, 4) is 0 Å². The number of hydrogen-bond donors (Lipinski definition) is 3. The van der Waals surface area contributed by atoms with Crippen molar-refractivity contribution in [2.24, 2.45) is 0 Å². The molecule has 1 aromatic heterocycles. The zero-order valence-electron chi connectivity index (χ0n) is 9.29. The second kappa shape index (κ2) is 4.44. The van der Waals surface area contributed by atoms with Crippen molar-refractivity contribution in [1.82, 2.24) is 9.55 Å². The fourth-order valence-electron chi connectivity index (χ4n) is 1.85. The van der Waals surface area contributed by atoms with E-state index in [0.717, 1.165) is 0 Å². The van der Waals surface area contributed by atoms with Crippen molar-refractivity contribution < 1.29 is 14.9 Å². The predicted molar refractivity (Wildman–Crippen MR) is 57.7 cm³/mol. The standard InChI is InChI=1S/C10H14N2O5/c1-5-3-12(10(16)11-9(5)15)8-2-6(14)7(4-13)17-8/h3,6-8,13-14H,2,4H2,1H3,(H,11,15,16)/t6-,7+,8+/m0/s1/i4+0. The predicted octanol–water partition coefficient (Wildman–Crippen LogP) is -1.51. The first-order valence-corrected chi connectivity index (χ1v) is 5.29. The Hall–Kier alpha value is -1.44. The lowest BCUT2D eigenvalue weighted by Crippen LogP contribution is -2.33. The molecule has 1 aliphatic heterocycles. The van der Waals surface area contributed by atoms with Crippen LogP contribution in [0.15, 0.2) is 15.8 Å². The molecule has 2 heterocycles. The molecule has 2 rings (SSSR count). The molecule has 7 heteroatoms. The number of aromatic amines is 1. The number of nitrogens with zero attached hydrogens (tertiary/aromatic N) is 1. The second-order valence-corrected chi connectivity index (χ2v) is 4.09. The second-order valence-electron chi connectivity index (χ2n) is 4.09. The third-order valence-electron chi connectivity index (χ3n) is 2.84. The SMILES string of the molecule is Cc1cn([C@H]2C[C@H](O)[C@@H]([12CH2]O)O2)c(=O)[nH]c1=O. The van der Waals surface area contributed by atoms with E-state index in [1.54, 1.807) is 6.92 Å². The molecular formula is C10H14N2O5. The van der Waals surface area contributed by atoms with Crippen LogP contribution in [0.2, 0.25) is 0 Å². The highest BCUT2D eigenvalue weighted by molar-refractivity contribution is 5.02. The van der Waals surface area contributed by atoms with E-state index in [1.165, 1.54) is 10.8 Å². The van der Waals surface area contributed by atoms with Crippen LogP contribution in [0.5, 0.6) is 0 Å². The molecule has 1 fully saturated rings. The number of aryl methyl sites for hydroxylation is 1. The van der Waals surface area contributed by atoms with Gasteiger partial charge in [0.2, 0.25) is 0 Å². The zero-order valence-corrected chi connectivity index (χ0v) is 9.29. The Morgan fingerprint density at radius 3 is 2.88 bits per heavy atom. The summed E-state index contributed by atoms with van der Waals surface area (Å²) in [6, 6.07) is 0. The highest BCUT2D eigenvalue weighted by atomic mass is 16.5. The first-order chi connectivity index (χ1) is 8.02. The summed E-state index contributed by atoms with van der Waals surface area (Å²) >= 11 is 0. The van der Waals surface area contributed by atoms with Gasteiger partial charge >= 0.3 is 5.69 Å². The fourth-order valence-corrected chi connectivity index (χ4v) is 1.85. The maximum Gasteiger partial charge on any atom is 0.330 e. The third-order valence-corrected chi connectivity index (χ3v) is 2.84. The van der Waals surface area contributed by atoms with E-state index in [2.05, 4.69) is 4.98 Å². The highest BCUT2D eigenvalue weighted by Crippen LogP contribution is 2.27. The molecule has 0 radical (unpaired) electrons. The number of rotatable bonds is 2. The molecule has 1 aliphatic rings. The Bertz CT molecular complexity index is 520. The molecule has 0 amide bonds. The number of aliphatic hydroxyl groups is 2. The van der Waals surface area contributed by atoms with Gasteiger partial charge in [-0.1, -0.05) is 0 Å². The summed E-state index contributed by atoms with van der Waals surface area (Å²) in [5.41, 5.74) is -0.643. The molecular weight excluding hydrogens is 228 g/mol. The van der Waals surface area contributed by atoms with Crippen LogP contribution < -0.4 is 11.2 Å². The summed E-state index contributed by atoms with van der Waals surface area (Å²) in [6.45, 7) is 1.26. The van der Waals surface area contributed by atoms with Crippen molar-refractivity contribution >= 4 is 0 Å². The van der Waals surface area contributed by atoms with Crippen LogP contribution in [0.25, 0.3) is 0 Å². The molecule has 3 atom stereocenters. The van der Waals surface area contributed by atoms with Gasteiger partial charge in [-0.05, 0) is 6.92 Å². The molecule has 94 valence electrons. The van der Waals surface area contributed by atoms with Crippen molar-refractivity contribution in [2.45, 2.75) is 31.8 Å². The van der Waals surface area contributed by atoms with Gasteiger partial charge in [0, 0.05) is 18.2 Å². The average molecular weight is 242 g/mol. The van der Waals surface area contributed by atoms with Gasteiger partial charge in [0.15, 0.2) is 0 Å². The topological polar surface area (TPSA) is 105 Å². The average Bonchev–Trinajstić information content (AvgIpc) is 2.65. The van der Waals surface area contributed by atoms with Crippen molar-refractivity contribution in [3.63, 3.8) is 0 Å². The van der Waals surface area contributed by atoms with Gasteiger partial charge in [-0.3, -0.25) is 14.3 Å². The molecule has 1 saturated heterocycles. The van der Waals surface area contributed by atoms with Crippen LogP contribution in [-0.2, 0) is 4.74 Å². The molecule has 0 aliphatic carbocycles. The zero-order chi connectivity index (χ0) is 12.6. The number of nitrogens with one attached hydrogen (secondary N) is 1. The van der Waals surface area contributed by atoms with E-state index in [1.807, 2.05) is 0 Å². The summed E-state index contributed by atoms with van der Waals surface area (Å²) in [7, 11) is 0. The van der Waals surface area contributed by atoms with Crippen LogP contribution in [-0.4, -0.2) is 38.6 Å². The van der Waals surface area contributed by atoms with Gasteiger partial charge < -0.3 is 14.9 Å². The number of hydrogen-bond acceptors (Lipinski definition) is 5. The Balaban J connectivity index is 2.34. The smallest absolute Gasteiger partial charge is 0.330 e. The Morgan fingerprint density at radius 2 is 2.29 bits per heavy atom.